The molecule has 0 saturated carbocycles. The molecule has 2 rings (SSSR count). The first kappa shape index (κ1) is 15.7. The Morgan fingerprint density at radius 2 is 2.14 bits per heavy atom. The van der Waals surface area contributed by atoms with E-state index < -0.39 is 0 Å². The summed E-state index contributed by atoms with van der Waals surface area (Å²) < 4.78 is 1.60. The van der Waals surface area contributed by atoms with Crippen LogP contribution in [0.4, 0.5) is 0 Å². The number of carbonyl (C=O) groups is 1. The molecule has 0 fully saturated rings. The molecule has 0 aliphatic carbocycles. The summed E-state index contributed by atoms with van der Waals surface area (Å²) in [6.45, 7) is 8.92. The zero-order chi connectivity index (χ0) is 15.6. The number of hydrogen-bond donors (Lipinski definition) is 1. The van der Waals surface area contributed by atoms with Crippen LogP contribution in [0.1, 0.15) is 47.7 Å². The van der Waals surface area contributed by atoms with Crippen molar-refractivity contribution in [3.05, 3.63) is 33.5 Å². The number of aromatic nitrogens is 3. The van der Waals surface area contributed by atoms with Gasteiger partial charge in [0.1, 0.15) is 5.69 Å². The quantitative estimate of drug-likeness (QED) is 0.944. The molecule has 0 saturated heterocycles. The molecule has 0 bridgehead atoms. The molecule has 21 heavy (non-hydrogen) atoms. The second-order valence-corrected chi connectivity index (χ2v) is 7.05. The third-order valence-electron chi connectivity index (χ3n) is 3.09. The minimum Gasteiger partial charge on any atom is -0.350 e. The molecule has 0 radical (unpaired) electrons. The summed E-state index contributed by atoms with van der Waals surface area (Å²) in [5, 5.41) is 10.3. The average Bonchev–Trinajstić information content (AvgIpc) is 2.95. The Morgan fingerprint density at radius 3 is 2.67 bits per heavy atom. The molecule has 1 amide bonds. The van der Waals surface area contributed by atoms with E-state index in [1.54, 1.807) is 29.1 Å². The largest absolute Gasteiger partial charge is 0.350 e. The van der Waals surface area contributed by atoms with E-state index in [0.717, 1.165) is 22.8 Å². The molecule has 6 heteroatoms. The summed E-state index contributed by atoms with van der Waals surface area (Å²) >= 11 is 1.68. The Balaban J connectivity index is 1.88. The molecule has 0 aliphatic heterocycles. The van der Waals surface area contributed by atoms with Crippen LogP contribution in [0.5, 0.6) is 0 Å². The predicted octanol–water partition coefficient (Wildman–Crippen LogP) is 2.46. The van der Waals surface area contributed by atoms with Gasteiger partial charge in [0.05, 0.1) is 16.4 Å². The first-order chi connectivity index (χ1) is 9.77. The fourth-order valence-electron chi connectivity index (χ4n) is 1.98. The number of carbonyl (C=O) groups excluding carboxylic acids is 1. The van der Waals surface area contributed by atoms with Crippen LogP contribution < -0.4 is 5.32 Å². The zero-order valence-electron chi connectivity index (χ0n) is 13.2. The molecule has 2 aromatic heterocycles. The van der Waals surface area contributed by atoms with Crippen molar-refractivity contribution in [2.75, 3.05) is 6.54 Å². The highest BCUT2D eigenvalue weighted by molar-refractivity contribution is 7.09. The third kappa shape index (κ3) is 3.91. The van der Waals surface area contributed by atoms with Gasteiger partial charge in [-0.3, -0.25) is 9.48 Å². The number of rotatable bonds is 4. The van der Waals surface area contributed by atoms with E-state index in [9.17, 15) is 4.79 Å². The normalized spacial score (nSPS) is 11.7. The Kier molecular flexibility index (Phi) is 4.46. The number of nitrogens with zero attached hydrogens (tertiary/aromatic N) is 3. The Bertz CT molecular complexity index is 636. The average molecular weight is 306 g/mol. The van der Waals surface area contributed by atoms with Crippen molar-refractivity contribution in [2.45, 2.75) is 39.5 Å². The van der Waals surface area contributed by atoms with Gasteiger partial charge in [0.25, 0.3) is 5.91 Å². The molecular weight excluding hydrogens is 284 g/mol. The van der Waals surface area contributed by atoms with Gasteiger partial charge in [0.2, 0.25) is 0 Å². The first-order valence-electron chi connectivity index (χ1n) is 7.01. The summed E-state index contributed by atoms with van der Waals surface area (Å²) in [4.78, 5) is 16.7. The van der Waals surface area contributed by atoms with Crippen molar-refractivity contribution < 1.29 is 4.79 Å². The van der Waals surface area contributed by atoms with Gasteiger partial charge in [-0.15, -0.1) is 11.3 Å². The highest BCUT2D eigenvalue weighted by atomic mass is 32.1. The smallest absolute Gasteiger partial charge is 0.269 e. The second kappa shape index (κ2) is 5.97. The number of thiazole rings is 1. The van der Waals surface area contributed by atoms with E-state index in [-0.39, 0.29) is 11.3 Å². The molecule has 2 aromatic rings. The first-order valence-corrected chi connectivity index (χ1v) is 7.89. The molecule has 1 N–H and O–H groups in total. The second-order valence-electron chi connectivity index (χ2n) is 6.19. The third-order valence-corrected chi connectivity index (χ3v) is 4.41. The van der Waals surface area contributed by atoms with Crippen LogP contribution in [-0.2, 0) is 18.9 Å². The Labute approximate surface area is 129 Å². The van der Waals surface area contributed by atoms with Crippen molar-refractivity contribution in [3.63, 3.8) is 0 Å². The van der Waals surface area contributed by atoms with Crippen LogP contribution in [0.3, 0.4) is 0 Å². The monoisotopic (exact) mass is 306 g/mol. The van der Waals surface area contributed by atoms with Crippen LogP contribution in [0.25, 0.3) is 0 Å². The van der Waals surface area contributed by atoms with Crippen molar-refractivity contribution in [3.8, 4) is 0 Å². The van der Waals surface area contributed by atoms with Gasteiger partial charge in [0, 0.05) is 30.8 Å². The molecule has 2 heterocycles. The molecule has 0 spiro atoms. The van der Waals surface area contributed by atoms with E-state index in [1.807, 2.05) is 6.92 Å². The van der Waals surface area contributed by atoms with Gasteiger partial charge < -0.3 is 5.32 Å². The molecule has 114 valence electrons. The highest BCUT2D eigenvalue weighted by Gasteiger charge is 2.18. The lowest BCUT2D eigenvalue weighted by molar-refractivity contribution is 0.0944. The minimum atomic E-state index is -0.0932. The lowest BCUT2D eigenvalue weighted by Gasteiger charge is -2.13. The van der Waals surface area contributed by atoms with Crippen LogP contribution in [0, 0.1) is 6.92 Å². The SMILES string of the molecule is Cc1cc(C(=O)NCCc2csc(C(C)(C)C)n2)n(C)n1. The molecule has 0 aromatic carbocycles. The van der Waals surface area contributed by atoms with Gasteiger partial charge in [-0.05, 0) is 13.0 Å². The summed E-state index contributed by atoms with van der Waals surface area (Å²) in [5.41, 5.74) is 2.54. The summed E-state index contributed by atoms with van der Waals surface area (Å²) in [6.07, 6.45) is 0.745. The Morgan fingerprint density at radius 1 is 1.43 bits per heavy atom. The molecule has 0 atom stereocenters. The van der Waals surface area contributed by atoms with E-state index >= 15 is 0 Å². The maximum absolute atomic E-state index is 12.0. The summed E-state index contributed by atoms with van der Waals surface area (Å²) in [6, 6.07) is 1.79. The van der Waals surface area contributed by atoms with Gasteiger partial charge in [0.15, 0.2) is 0 Å². The molecule has 0 unspecified atom stereocenters. The standard InChI is InChI=1S/C15H22N4OS/c1-10-8-12(19(5)18-10)13(20)16-7-6-11-9-21-14(17-11)15(2,3)4/h8-9H,6-7H2,1-5H3,(H,16,20). The van der Waals surface area contributed by atoms with Gasteiger partial charge in [-0.1, -0.05) is 20.8 Å². The van der Waals surface area contributed by atoms with E-state index in [0.29, 0.717) is 12.2 Å². The topological polar surface area (TPSA) is 59.8 Å². The van der Waals surface area contributed by atoms with E-state index in [1.165, 1.54) is 0 Å². The predicted molar refractivity (Wildman–Crippen MR) is 84.8 cm³/mol. The summed E-state index contributed by atoms with van der Waals surface area (Å²) in [5.74, 6) is -0.0932. The lowest BCUT2D eigenvalue weighted by Crippen LogP contribution is -2.27. The van der Waals surface area contributed by atoms with Gasteiger partial charge in [-0.2, -0.15) is 5.10 Å². The number of hydrogen-bond acceptors (Lipinski definition) is 4. The fraction of sp³-hybridized carbons (Fsp3) is 0.533. The van der Waals surface area contributed by atoms with Gasteiger partial charge in [-0.25, -0.2) is 4.98 Å². The lowest BCUT2D eigenvalue weighted by atomic mass is 9.98. The molecule has 0 aliphatic rings. The van der Waals surface area contributed by atoms with E-state index in [4.69, 9.17) is 0 Å². The fourth-order valence-corrected chi connectivity index (χ4v) is 2.93. The van der Waals surface area contributed by atoms with Crippen molar-refractivity contribution >= 4 is 17.2 Å². The molecule has 5 nitrogen and oxygen atoms in total. The Hall–Kier alpha value is -1.69. The minimum absolute atomic E-state index is 0.0817. The maximum atomic E-state index is 12.0. The van der Waals surface area contributed by atoms with Gasteiger partial charge >= 0.3 is 0 Å². The van der Waals surface area contributed by atoms with Crippen molar-refractivity contribution in [1.29, 1.82) is 0 Å². The summed E-state index contributed by atoms with van der Waals surface area (Å²) in [7, 11) is 1.78. The van der Waals surface area contributed by atoms with Crippen LogP contribution in [0.2, 0.25) is 0 Å². The van der Waals surface area contributed by atoms with Crippen LogP contribution >= 0.6 is 11.3 Å². The number of nitrogens with one attached hydrogen (secondary N) is 1. The number of aryl methyl sites for hydroxylation is 2. The molecular formula is C15H22N4OS. The highest BCUT2D eigenvalue weighted by Crippen LogP contribution is 2.25. The van der Waals surface area contributed by atoms with Crippen LogP contribution in [0.15, 0.2) is 11.4 Å². The van der Waals surface area contributed by atoms with E-state index in [2.05, 4.69) is 41.6 Å². The zero-order valence-corrected chi connectivity index (χ0v) is 14.0. The van der Waals surface area contributed by atoms with Crippen LogP contribution in [-0.4, -0.2) is 27.2 Å². The van der Waals surface area contributed by atoms with Crippen molar-refractivity contribution in [1.82, 2.24) is 20.1 Å². The maximum Gasteiger partial charge on any atom is 0.269 e. The van der Waals surface area contributed by atoms with Crippen molar-refractivity contribution in [2.24, 2.45) is 7.05 Å². The number of amides is 1.